The Kier molecular flexibility index (Phi) is 5.81. The quantitative estimate of drug-likeness (QED) is 0.263. The average molecular weight is 458 g/mol. The maximum Gasteiger partial charge on any atom is 0.343 e. The van der Waals surface area contributed by atoms with Crippen molar-refractivity contribution < 1.29 is 23.7 Å². The minimum atomic E-state index is -0.431. The number of hydrogen-bond donors (Lipinski definition) is 2. The van der Waals surface area contributed by atoms with Crippen LogP contribution in [0.25, 0.3) is 0 Å². The fraction of sp³-hybridized carbons (Fsp3) is 0.231. The van der Waals surface area contributed by atoms with E-state index in [0.29, 0.717) is 49.5 Å². The van der Waals surface area contributed by atoms with Crippen molar-refractivity contribution >= 4 is 23.5 Å². The molecule has 34 heavy (non-hydrogen) atoms. The van der Waals surface area contributed by atoms with Crippen molar-refractivity contribution in [2.75, 3.05) is 5.73 Å². The normalized spacial score (nSPS) is 17.8. The Balaban J connectivity index is 1.26. The van der Waals surface area contributed by atoms with E-state index in [0.717, 1.165) is 16.7 Å². The number of esters is 1. The molecule has 1 atom stereocenters. The number of piperidine rings is 1. The molecule has 3 aromatic rings. The summed E-state index contributed by atoms with van der Waals surface area (Å²) in [5, 5.41) is 2.41. The molecule has 2 amide bonds. The third-order valence-electron chi connectivity index (χ3n) is 6.29. The number of hydrogen-bond acceptors (Lipinski definition) is 6. The predicted octanol–water partition coefficient (Wildman–Crippen LogP) is 1.94. The van der Waals surface area contributed by atoms with E-state index in [9.17, 15) is 14.4 Å². The monoisotopic (exact) mass is 457 g/mol. The predicted molar refractivity (Wildman–Crippen MR) is 123 cm³/mol. The van der Waals surface area contributed by atoms with Gasteiger partial charge in [0.15, 0.2) is 18.9 Å². The summed E-state index contributed by atoms with van der Waals surface area (Å²) in [6, 6.07) is 16.2. The topological polar surface area (TPSA) is 106 Å². The molecule has 1 fully saturated rings. The molecule has 0 radical (unpaired) electrons. The number of fused-ring (bicyclic) bond motifs is 1. The molecular weight excluding hydrogens is 432 g/mol. The molecule has 0 spiro atoms. The zero-order valence-electron chi connectivity index (χ0n) is 18.6. The number of nitrogens with zero attached hydrogens (tertiary/aromatic N) is 2. The number of benzene rings is 2. The summed E-state index contributed by atoms with van der Waals surface area (Å²) < 4.78 is 7.76. The summed E-state index contributed by atoms with van der Waals surface area (Å²) in [4.78, 5) is 38.6. The highest BCUT2D eigenvalue weighted by molar-refractivity contribution is 6.00. The number of aromatic nitrogens is 1. The van der Waals surface area contributed by atoms with Crippen molar-refractivity contribution in [2.45, 2.75) is 38.5 Å². The number of carbonyl (C=O) groups is 3. The van der Waals surface area contributed by atoms with Crippen LogP contribution < -0.4 is 20.4 Å². The van der Waals surface area contributed by atoms with Crippen LogP contribution in [0, 0.1) is 0 Å². The summed E-state index contributed by atoms with van der Waals surface area (Å²) in [5.74, 6) is -0.427. The number of anilines is 1. The van der Waals surface area contributed by atoms with Gasteiger partial charge in [0.1, 0.15) is 5.75 Å². The van der Waals surface area contributed by atoms with Crippen LogP contribution in [-0.2, 0) is 29.2 Å². The van der Waals surface area contributed by atoms with Crippen molar-refractivity contribution in [3.8, 4) is 5.75 Å². The first-order chi connectivity index (χ1) is 16.5. The second-order valence-electron chi connectivity index (χ2n) is 8.66. The molecule has 3 N–H and O–H groups in total. The number of nitrogens with one attached hydrogen (secondary N) is 1. The number of carbonyl (C=O) groups excluding carboxylic acids is 3. The van der Waals surface area contributed by atoms with E-state index in [1.54, 1.807) is 18.2 Å². The van der Waals surface area contributed by atoms with Gasteiger partial charge in [-0.15, -0.1) is 0 Å². The van der Waals surface area contributed by atoms with Gasteiger partial charge in [0, 0.05) is 48.5 Å². The summed E-state index contributed by atoms with van der Waals surface area (Å²) >= 11 is 0. The second kappa shape index (κ2) is 9.07. The van der Waals surface area contributed by atoms with Crippen LogP contribution >= 0.6 is 0 Å². The molecule has 8 heteroatoms. The average Bonchev–Trinajstić information content (AvgIpc) is 3.26. The van der Waals surface area contributed by atoms with Gasteiger partial charge in [-0.2, -0.15) is 0 Å². The Morgan fingerprint density at radius 3 is 2.56 bits per heavy atom. The molecular formula is C26H25N4O4+. The van der Waals surface area contributed by atoms with Gasteiger partial charge in [0.25, 0.3) is 0 Å². The third-order valence-corrected chi connectivity index (χ3v) is 6.29. The number of nitrogen functional groups attached to an aromatic ring is 1. The number of rotatable bonds is 5. The fourth-order valence-corrected chi connectivity index (χ4v) is 4.45. The summed E-state index contributed by atoms with van der Waals surface area (Å²) in [5.41, 5.74) is 9.87. The molecule has 8 nitrogen and oxygen atoms in total. The highest BCUT2D eigenvalue weighted by Crippen LogP contribution is 2.33. The molecule has 1 aromatic heterocycles. The van der Waals surface area contributed by atoms with Crippen LogP contribution in [0.15, 0.2) is 67.0 Å². The Morgan fingerprint density at radius 1 is 1.06 bits per heavy atom. The number of nitrogens with two attached hydrogens (primary N) is 1. The molecule has 2 aliphatic heterocycles. The SMILES string of the molecule is Nc1cc[n+](Cc2ccc(C(=O)Oc3cccc4c3CN(C3CCC(=O)NC3=O)C4)cc2)cc1. The van der Waals surface area contributed by atoms with E-state index >= 15 is 0 Å². The first kappa shape index (κ1) is 21.8. The van der Waals surface area contributed by atoms with Gasteiger partial charge >= 0.3 is 5.97 Å². The van der Waals surface area contributed by atoms with E-state index in [2.05, 4.69) is 5.32 Å². The van der Waals surface area contributed by atoms with Crippen molar-refractivity contribution in [3.05, 3.63) is 89.2 Å². The maximum absolute atomic E-state index is 12.8. The van der Waals surface area contributed by atoms with Gasteiger partial charge in [0.2, 0.25) is 11.8 Å². The third kappa shape index (κ3) is 4.53. The number of imide groups is 1. The Morgan fingerprint density at radius 2 is 1.82 bits per heavy atom. The minimum absolute atomic E-state index is 0.231. The molecule has 1 saturated heterocycles. The van der Waals surface area contributed by atoms with Crippen molar-refractivity contribution in [2.24, 2.45) is 0 Å². The van der Waals surface area contributed by atoms with E-state index < -0.39 is 5.97 Å². The zero-order chi connectivity index (χ0) is 23.7. The number of ether oxygens (including phenoxy) is 1. The Labute approximate surface area is 196 Å². The van der Waals surface area contributed by atoms with Gasteiger partial charge in [-0.25, -0.2) is 9.36 Å². The first-order valence-electron chi connectivity index (χ1n) is 11.2. The lowest BCUT2D eigenvalue weighted by Gasteiger charge is -2.29. The van der Waals surface area contributed by atoms with Crippen LogP contribution in [0.5, 0.6) is 5.75 Å². The van der Waals surface area contributed by atoms with E-state index in [-0.39, 0.29) is 17.9 Å². The summed E-state index contributed by atoms with van der Waals surface area (Å²) in [7, 11) is 0. The van der Waals surface area contributed by atoms with Gasteiger partial charge in [-0.3, -0.25) is 19.8 Å². The van der Waals surface area contributed by atoms with Crippen molar-refractivity contribution in [3.63, 3.8) is 0 Å². The van der Waals surface area contributed by atoms with Crippen LogP contribution in [0.4, 0.5) is 5.69 Å². The summed E-state index contributed by atoms with van der Waals surface area (Å²) in [6.45, 7) is 1.73. The lowest BCUT2D eigenvalue weighted by atomic mass is 10.0. The van der Waals surface area contributed by atoms with Gasteiger partial charge in [0.05, 0.1) is 11.6 Å². The fourth-order valence-electron chi connectivity index (χ4n) is 4.45. The standard InChI is InChI=1S/C26H24N4O4/c27-20-10-12-29(13-11-20)14-17-4-6-18(7-5-17)26(33)34-23-3-1-2-19-15-30(16-21(19)23)22-8-9-24(31)28-25(22)32/h1-7,10-13,22,27H,8-9,14-16H2,(H,28,31,32)/p+1. The maximum atomic E-state index is 12.8. The second-order valence-corrected chi connectivity index (χ2v) is 8.66. The minimum Gasteiger partial charge on any atom is -0.423 e. The number of amides is 2. The lowest BCUT2D eigenvalue weighted by Crippen LogP contribution is -2.50. The van der Waals surface area contributed by atoms with Crippen LogP contribution in [-0.4, -0.2) is 28.7 Å². The molecule has 3 heterocycles. The molecule has 0 saturated carbocycles. The lowest BCUT2D eigenvalue weighted by molar-refractivity contribution is -0.688. The van der Waals surface area contributed by atoms with E-state index in [1.807, 2.05) is 58.3 Å². The first-order valence-corrected chi connectivity index (χ1v) is 11.2. The summed E-state index contributed by atoms with van der Waals surface area (Å²) in [6.07, 6.45) is 4.64. The van der Waals surface area contributed by atoms with Gasteiger partial charge in [-0.05, 0) is 30.2 Å². The van der Waals surface area contributed by atoms with Gasteiger partial charge in [-0.1, -0.05) is 24.3 Å². The van der Waals surface area contributed by atoms with E-state index in [4.69, 9.17) is 10.5 Å². The number of pyridine rings is 1. The molecule has 2 aromatic carbocycles. The van der Waals surface area contributed by atoms with E-state index in [1.165, 1.54) is 0 Å². The smallest absolute Gasteiger partial charge is 0.343 e. The molecule has 1 unspecified atom stereocenters. The van der Waals surface area contributed by atoms with Crippen molar-refractivity contribution in [1.82, 2.24) is 10.2 Å². The van der Waals surface area contributed by atoms with Crippen LogP contribution in [0.3, 0.4) is 0 Å². The van der Waals surface area contributed by atoms with Crippen molar-refractivity contribution in [1.29, 1.82) is 0 Å². The molecule has 0 bridgehead atoms. The molecule has 2 aliphatic rings. The van der Waals surface area contributed by atoms with Crippen LogP contribution in [0.2, 0.25) is 0 Å². The Hall–Kier alpha value is -4.04. The molecule has 5 rings (SSSR count). The highest BCUT2D eigenvalue weighted by atomic mass is 16.5. The molecule has 0 aliphatic carbocycles. The highest BCUT2D eigenvalue weighted by Gasteiger charge is 2.35. The van der Waals surface area contributed by atoms with Gasteiger partial charge < -0.3 is 10.5 Å². The largest absolute Gasteiger partial charge is 0.423 e. The zero-order valence-corrected chi connectivity index (χ0v) is 18.6. The Bertz CT molecular complexity index is 1250. The molecule has 172 valence electrons. The van der Waals surface area contributed by atoms with Crippen LogP contribution in [0.1, 0.15) is 39.9 Å².